The molecule has 0 aliphatic carbocycles. The van der Waals surface area contributed by atoms with Gasteiger partial charge in [-0.3, -0.25) is 9.52 Å². The first-order valence-corrected chi connectivity index (χ1v) is 11.7. The van der Waals surface area contributed by atoms with Crippen molar-refractivity contribution in [3.05, 3.63) is 53.4 Å². The third-order valence-electron chi connectivity index (χ3n) is 4.20. The first-order chi connectivity index (χ1) is 14.2. The quantitative estimate of drug-likeness (QED) is 0.457. The number of aryl methyl sites for hydroxylation is 1. The maximum atomic E-state index is 12.6. The summed E-state index contributed by atoms with van der Waals surface area (Å²) in [5, 5.41) is 3.11. The number of sulfonamides is 1. The van der Waals surface area contributed by atoms with Crippen molar-refractivity contribution in [1.29, 1.82) is 0 Å². The molecule has 0 aliphatic heterocycles. The highest BCUT2D eigenvalue weighted by Crippen LogP contribution is 2.35. The van der Waals surface area contributed by atoms with Crippen LogP contribution in [-0.2, 0) is 14.8 Å². The number of hydrogen-bond donors (Lipinski definition) is 3. The van der Waals surface area contributed by atoms with Gasteiger partial charge < -0.3 is 11.1 Å². The smallest absolute Gasteiger partial charge is 0.261 e. The van der Waals surface area contributed by atoms with Gasteiger partial charge in [0.2, 0.25) is 5.91 Å². The molecule has 2 aromatic heterocycles. The number of benzene rings is 1. The molecule has 0 saturated heterocycles. The Morgan fingerprint density at radius 1 is 1.30 bits per heavy atom. The molecule has 8 nitrogen and oxygen atoms in total. The van der Waals surface area contributed by atoms with E-state index in [1.165, 1.54) is 29.7 Å². The van der Waals surface area contributed by atoms with E-state index in [0.717, 1.165) is 4.88 Å². The number of thiazole rings is 1. The van der Waals surface area contributed by atoms with Gasteiger partial charge in [0, 0.05) is 11.8 Å². The van der Waals surface area contributed by atoms with Crippen LogP contribution in [0, 0.1) is 6.92 Å². The maximum absolute atomic E-state index is 12.6. The third-order valence-corrected chi connectivity index (χ3v) is 7.01. The molecule has 1 aromatic carbocycles. The summed E-state index contributed by atoms with van der Waals surface area (Å²) >= 11 is 7.36. The molecule has 3 aromatic rings. The minimum absolute atomic E-state index is 0.0165. The molecule has 1 atom stereocenters. The highest BCUT2D eigenvalue weighted by Gasteiger charge is 2.19. The van der Waals surface area contributed by atoms with Crippen LogP contribution in [0.5, 0.6) is 0 Å². The van der Waals surface area contributed by atoms with E-state index in [4.69, 9.17) is 17.3 Å². The zero-order chi connectivity index (χ0) is 21.9. The summed E-state index contributed by atoms with van der Waals surface area (Å²) < 4.78 is 27.7. The molecule has 2 heterocycles. The van der Waals surface area contributed by atoms with Crippen LogP contribution in [0.4, 0.5) is 10.8 Å². The minimum atomic E-state index is -3.83. The number of nitrogens with zero attached hydrogens (tertiary/aromatic N) is 2. The Hall–Kier alpha value is -2.53. The summed E-state index contributed by atoms with van der Waals surface area (Å²) in [6.07, 6.45) is 2.03. The van der Waals surface area contributed by atoms with Crippen molar-refractivity contribution in [2.24, 2.45) is 5.73 Å². The molecule has 30 heavy (non-hydrogen) atoms. The summed E-state index contributed by atoms with van der Waals surface area (Å²) in [6.45, 7) is 3.60. The van der Waals surface area contributed by atoms with Gasteiger partial charge in [-0.25, -0.2) is 18.4 Å². The molecule has 0 bridgehead atoms. The van der Waals surface area contributed by atoms with Crippen LogP contribution in [-0.4, -0.2) is 30.3 Å². The minimum Gasteiger partial charge on any atom is -0.320 e. The molecule has 0 unspecified atom stereocenters. The van der Waals surface area contributed by atoms with Crippen LogP contribution < -0.4 is 15.8 Å². The van der Waals surface area contributed by atoms with E-state index in [2.05, 4.69) is 20.0 Å². The van der Waals surface area contributed by atoms with Crippen molar-refractivity contribution in [3.63, 3.8) is 0 Å². The van der Waals surface area contributed by atoms with Gasteiger partial charge in [-0.1, -0.05) is 48.1 Å². The van der Waals surface area contributed by atoms with Crippen LogP contribution >= 0.6 is 22.9 Å². The predicted molar refractivity (Wildman–Crippen MR) is 119 cm³/mol. The van der Waals surface area contributed by atoms with Gasteiger partial charge in [-0.15, -0.1) is 0 Å². The molecule has 4 N–H and O–H groups in total. The number of carbonyl (C=O) groups excluding carboxylic acids is 1. The average Bonchev–Trinajstić information content (AvgIpc) is 3.09. The molecule has 1 amide bonds. The van der Waals surface area contributed by atoms with Gasteiger partial charge in [0.05, 0.1) is 27.2 Å². The van der Waals surface area contributed by atoms with Crippen molar-refractivity contribution in [2.45, 2.75) is 31.2 Å². The van der Waals surface area contributed by atoms with Crippen LogP contribution in [0.25, 0.3) is 10.4 Å². The zero-order valence-electron chi connectivity index (χ0n) is 16.2. The standard InChI is InChI=1S/C19H20ClN5O3S2/c1-3-14(21)18(26)24-19-23-11(2)16(29-19)12-9-15(17(20)22-10-12)25-30(27,28)13-7-5-4-6-8-13/h4-10,14,25H,3,21H2,1-2H3,(H,23,24,26)/t14-/m0/s1. The third kappa shape index (κ3) is 4.96. The number of nitrogens with two attached hydrogens (primary N) is 1. The van der Waals surface area contributed by atoms with E-state index in [1.54, 1.807) is 31.2 Å². The van der Waals surface area contributed by atoms with Gasteiger partial charge in [0.25, 0.3) is 10.0 Å². The lowest BCUT2D eigenvalue weighted by atomic mass is 10.2. The fraction of sp³-hybridized carbons (Fsp3) is 0.211. The molecule has 11 heteroatoms. The van der Waals surface area contributed by atoms with Crippen LogP contribution in [0.15, 0.2) is 47.5 Å². The van der Waals surface area contributed by atoms with E-state index in [1.807, 2.05) is 6.92 Å². The molecule has 0 spiro atoms. The normalized spacial score (nSPS) is 12.4. The highest BCUT2D eigenvalue weighted by molar-refractivity contribution is 7.92. The molecule has 158 valence electrons. The van der Waals surface area contributed by atoms with E-state index in [9.17, 15) is 13.2 Å². The van der Waals surface area contributed by atoms with Crippen molar-refractivity contribution in [1.82, 2.24) is 9.97 Å². The van der Waals surface area contributed by atoms with Gasteiger partial charge in [-0.05, 0) is 31.5 Å². The Balaban J connectivity index is 1.90. The SMILES string of the molecule is CC[C@H](N)C(=O)Nc1nc(C)c(-c2cnc(Cl)c(NS(=O)(=O)c3ccccc3)c2)s1. The average molecular weight is 466 g/mol. The van der Waals surface area contributed by atoms with Gasteiger partial charge >= 0.3 is 0 Å². The fourth-order valence-electron chi connectivity index (χ4n) is 2.55. The van der Waals surface area contributed by atoms with Crippen LogP contribution in [0.2, 0.25) is 5.15 Å². The number of anilines is 2. The lowest BCUT2D eigenvalue weighted by Gasteiger charge is -2.10. The maximum Gasteiger partial charge on any atom is 0.261 e. The first kappa shape index (κ1) is 22.2. The van der Waals surface area contributed by atoms with E-state index >= 15 is 0 Å². The second-order valence-electron chi connectivity index (χ2n) is 6.42. The Kier molecular flexibility index (Phi) is 6.71. The Labute approximate surface area is 183 Å². The fourth-order valence-corrected chi connectivity index (χ4v) is 4.78. The molecule has 0 radical (unpaired) electrons. The second-order valence-corrected chi connectivity index (χ2v) is 9.46. The molecular weight excluding hydrogens is 446 g/mol. The summed E-state index contributed by atoms with van der Waals surface area (Å²) in [6, 6.07) is 8.92. The molecular formula is C19H20ClN5O3S2. The number of amides is 1. The topological polar surface area (TPSA) is 127 Å². The van der Waals surface area contributed by atoms with Gasteiger partial charge in [-0.2, -0.15) is 0 Å². The predicted octanol–water partition coefficient (Wildman–Crippen LogP) is 3.64. The van der Waals surface area contributed by atoms with Crippen LogP contribution in [0.1, 0.15) is 19.0 Å². The molecule has 0 saturated carbocycles. The van der Waals surface area contributed by atoms with Crippen LogP contribution in [0.3, 0.4) is 0 Å². The molecule has 3 rings (SSSR count). The first-order valence-electron chi connectivity index (χ1n) is 8.99. The van der Waals surface area contributed by atoms with Crippen molar-refractivity contribution in [3.8, 4) is 10.4 Å². The van der Waals surface area contributed by atoms with Gasteiger partial charge in [0.1, 0.15) is 0 Å². The lowest BCUT2D eigenvalue weighted by molar-refractivity contribution is -0.117. The molecule has 0 aliphatic rings. The number of rotatable bonds is 7. The highest BCUT2D eigenvalue weighted by atomic mass is 35.5. The number of hydrogen-bond acceptors (Lipinski definition) is 7. The number of aromatic nitrogens is 2. The monoisotopic (exact) mass is 465 g/mol. The van der Waals surface area contributed by atoms with Crippen molar-refractivity contribution in [2.75, 3.05) is 10.0 Å². The van der Waals surface area contributed by atoms with E-state index in [0.29, 0.717) is 22.8 Å². The Bertz CT molecular complexity index is 1170. The second kappa shape index (κ2) is 9.09. The largest absolute Gasteiger partial charge is 0.320 e. The summed E-state index contributed by atoms with van der Waals surface area (Å²) in [5.41, 5.74) is 7.15. The summed E-state index contributed by atoms with van der Waals surface area (Å²) in [4.78, 5) is 21.3. The van der Waals surface area contributed by atoms with Crippen molar-refractivity contribution < 1.29 is 13.2 Å². The number of carbonyl (C=O) groups is 1. The number of pyridine rings is 1. The Morgan fingerprint density at radius 3 is 2.67 bits per heavy atom. The lowest BCUT2D eigenvalue weighted by Crippen LogP contribution is -2.34. The van der Waals surface area contributed by atoms with Crippen molar-refractivity contribution >= 4 is 49.7 Å². The zero-order valence-corrected chi connectivity index (χ0v) is 18.6. The number of halogens is 1. The number of nitrogens with one attached hydrogen (secondary N) is 2. The van der Waals surface area contributed by atoms with Gasteiger partial charge in [0.15, 0.2) is 10.3 Å². The van der Waals surface area contributed by atoms with E-state index in [-0.39, 0.29) is 21.6 Å². The summed E-state index contributed by atoms with van der Waals surface area (Å²) in [7, 11) is -3.83. The summed E-state index contributed by atoms with van der Waals surface area (Å²) in [5.74, 6) is -0.316. The van der Waals surface area contributed by atoms with E-state index < -0.39 is 16.1 Å². The Morgan fingerprint density at radius 2 is 2.00 bits per heavy atom. The molecule has 0 fully saturated rings.